The largest absolute Gasteiger partial charge is 0.452 e. The second-order valence-corrected chi connectivity index (χ2v) is 7.48. The number of nitrogens with one attached hydrogen (secondary N) is 2. The van der Waals surface area contributed by atoms with Gasteiger partial charge in [-0.2, -0.15) is 13.2 Å². The molecule has 0 saturated carbocycles. The smallest absolute Gasteiger partial charge is 0.405 e. The fourth-order valence-corrected chi connectivity index (χ4v) is 3.14. The predicted octanol–water partition coefficient (Wildman–Crippen LogP) is 1.07. The highest BCUT2D eigenvalue weighted by Gasteiger charge is 2.28. The highest BCUT2D eigenvalue weighted by atomic mass is 35.5. The number of amides is 3. The Balaban J connectivity index is 2.75. The summed E-state index contributed by atoms with van der Waals surface area (Å²) in [7, 11) is -2.02. The Kier molecular flexibility index (Phi) is 8.37. The minimum atomic E-state index is -4.67. The molecule has 1 aromatic carbocycles. The molecule has 0 radical (unpaired) electrons. The number of nitrogens with zero attached hydrogens (tertiary/aromatic N) is 1. The third-order valence-electron chi connectivity index (χ3n) is 3.08. The number of alkyl halides is 3. The lowest BCUT2D eigenvalue weighted by atomic mass is 10.2. The first-order valence-electron chi connectivity index (χ1n) is 7.42. The molecule has 0 atom stereocenters. The Labute approximate surface area is 167 Å². The Morgan fingerprint density at radius 3 is 2.41 bits per heavy atom. The van der Waals surface area contributed by atoms with Crippen molar-refractivity contribution in [2.45, 2.75) is 11.1 Å². The number of benzene rings is 1. The van der Waals surface area contributed by atoms with Crippen LogP contribution in [0.3, 0.4) is 0 Å². The average molecular weight is 462 g/mol. The number of esters is 1. The predicted molar refractivity (Wildman–Crippen MR) is 91.3 cm³/mol. The molecule has 0 bridgehead atoms. The van der Waals surface area contributed by atoms with Gasteiger partial charge in [0.2, 0.25) is 0 Å². The molecule has 15 heteroatoms. The normalized spacial score (nSPS) is 11.8. The van der Waals surface area contributed by atoms with Crippen LogP contribution in [0.25, 0.3) is 0 Å². The molecule has 1 aromatic rings. The number of halogens is 4. The van der Waals surface area contributed by atoms with Gasteiger partial charge in [-0.1, -0.05) is 16.1 Å². The first-order chi connectivity index (χ1) is 13.3. The van der Waals surface area contributed by atoms with Crippen LogP contribution in [0.1, 0.15) is 10.4 Å². The molecule has 0 spiro atoms. The number of carbonyl (C=O) groups excluding carboxylic acids is 3. The van der Waals surface area contributed by atoms with Crippen LogP contribution < -0.4 is 10.6 Å². The van der Waals surface area contributed by atoms with E-state index in [4.69, 9.17) is 11.6 Å². The van der Waals surface area contributed by atoms with Gasteiger partial charge in [0.1, 0.15) is 11.4 Å². The van der Waals surface area contributed by atoms with Crippen LogP contribution in [0.5, 0.6) is 0 Å². The lowest BCUT2D eigenvalue weighted by molar-refractivity contribution is -0.125. The summed E-state index contributed by atoms with van der Waals surface area (Å²) in [5.41, 5.74) is -0.299. The first kappa shape index (κ1) is 24.6. The van der Waals surface area contributed by atoms with Gasteiger partial charge in [-0.05, 0) is 18.2 Å². The number of hydrogen-bond donors (Lipinski definition) is 2. The molecule has 2 N–H and O–H groups in total. The van der Waals surface area contributed by atoms with Gasteiger partial charge < -0.3 is 10.1 Å². The van der Waals surface area contributed by atoms with Gasteiger partial charge in [-0.15, -0.1) is 0 Å². The lowest BCUT2D eigenvalue weighted by Crippen LogP contribution is -2.44. The molecule has 0 aliphatic rings. The molecule has 10 nitrogen and oxygen atoms in total. The van der Waals surface area contributed by atoms with E-state index in [0.29, 0.717) is 4.47 Å². The van der Waals surface area contributed by atoms with Gasteiger partial charge in [0.05, 0.1) is 17.7 Å². The van der Waals surface area contributed by atoms with Gasteiger partial charge in [0.25, 0.3) is 15.9 Å². The highest BCUT2D eigenvalue weighted by molar-refractivity contribution is 7.89. The molecule has 162 valence electrons. The van der Waals surface area contributed by atoms with Crippen molar-refractivity contribution in [3.8, 4) is 0 Å². The number of rotatable bonds is 7. The van der Waals surface area contributed by atoms with Crippen molar-refractivity contribution in [1.29, 1.82) is 0 Å². The molecule has 1 rings (SSSR count). The Hall–Kier alpha value is -2.42. The number of carbonyl (C=O) groups is 3. The van der Waals surface area contributed by atoms with Crippen molar-refractivity contribution in [2.75, 3.05) is 27.3 Å². The van der Waals surface area contributed by atoms with Crippen LogP contribution in [0.2, 0.25) is 5.02 Å². The van der Waals surface area contributed by atoms with Crippen molar-refractivity contribution in [1.82, 2.24) is 15.1 Å². The Morgan fingerprint density at radius 1 is 1.24 bits per heavy atom. The van der Waals surface area contributed by atoms with Crippen molar-refractivity contribution < 1.29 is 45.5 Å². The third-order valence-corrected chi connectivity index (χ3v) is 5.24. The van der Waals surface area contributed by atoms with E-state index in [9.17, 15) is 36.0 Å². The van der Waals surface area contributed by atoms with Crippen LogP contribution in [-0.4, -0.2) is 64.3 Å². The number of urea groups is 1. The van der Waals surface area contributed by atoms with E-state index in [1.807, 2.05) is 0 Å². The molecule has 0 unspecified atom stereocenters. The van der Waals surface area contributed by atoms with Crippen LogP contribution in [-0.2, 0) is 24.4 Å². The van der Waals surface area contributed by atoms with Crippen molar-refractivity contribution >= 4 is 39.5 Å². The van der Waals surface area contributed by atoms with E-state index in [1.165, 1.54) is 10.6 Å². The van der Waals surface area contributed by atoms with E-state index in [0.717, 1.165) is 32.4 Å². The van der Waals surface area contributed by atoms with Crippen molar-refractivity contribution in [3.63, 3.8) is 0 Å². The van der Waals surface area contributed by atoms with Crippen LogP contribution in [0.15, 0.2) is 23.1 Å². The van der Waals surface area contributed by atoms with Crippen molar-refractivity contribution in [3.05, 3.63) is 28.8 Å². The number of sulfonamides is 1. The maximum atomic E-state index is 12.3. The maximum Gasteiger partial charge on any atom is 0.405 e. The summed E-state index contributed by atoms with van der Waals surface area (Å²) in [5, 5.41) is 2.69. The number of ether oxygens (including phenoxy) is 1. The van der Waals surface area contributed by atoms with E-state index < -0.39 is 52.2 Å². The molecular formula is C14H15ClF3N3O7S. The first-order valence-corrected chi connectivity index (χ1v) is 9.24. The molecule has 0 heterocycles. The molecule has 0 aliphatic carbocycles. The van der Waals surface area contributed by atoms with Gasteiger partial charge >= 0.3 is 18.2 Å². The van der Waals surface area contributed by atoms with E-state index in [2.05, 4.69) is 9.57 Å². The SMILES string of the molecule is CON(C)S(=O)(=O)c1cc(C(=O)OCC(=O)NC(=O)NCC(F)(F)F)ccc1Cl. The van der Waals surface area contributed by atoms with Crippen LogP contribution >= 0.6 is 11.6 Å². The zero-order valence-corrected chi connectivity index (χ0v) is 16.4. The second kappa shape index (κ2) is 9.87. The van der Waals surface area contributed by atoms with E-state index in [-0.39, 0.29) is 10.6 Å². The fraction of sp³-hybridized carbons (Fsp3) is 0.357. The Morgan fingerprint density at radius 2 is 1.86 bits per heavy atom. The molecule has 0 fully saturated rings. The highest BCUT2D eigenvalue weighted by Crippen LogP contribution is 2.25. The number of hydroxylamine groups is 1. The fourth-order valence-electron chi connectivity index (χ4n) is 1.67. The lowest BCUT2D eigenvalue weighted by Gasteiger charge is -2.15. The van der Waals surface area contributed by atoms with Gasteiger partial charge in [0.15, 0.2) is 6.61 Å². The monoisotopic (exact) mass is 461 g/mol. The van der Waals surface area contributed by atoms with Crippen LogP contribution in [0.4, 0.5) is 18.0 Å². The molecule has 0 aromatic heterocycles. The summed E-state index contributed by atoms with van der Waals surface area (Å²) < 4.78 is 65.5. The van der Waals surface area contributed by atoms with Crippen LogP contribution in [0, 0.1) is 0 Å². The summed E-state index contributed by atoms with van der Waals surface area (Å²) >= 11 is 5.83. The molecule has 3 amide bonds. The minimum absolute atomic E-state index is 0.218. The number of imide groups is 1. The topological polar surface area (TPSA) is 131 Å². The third kappa shape index (κ3) is 7.49. The molecule has 0 aliphatic heterocycles. The zero-order valence-electron chi connectivity index (χ0n) is 14.9. The molecule has 29 heavy (non-hydrogen) atoms. The molecular weight excluding hydrogens is 447 g/mol. The van der Waals surface area contributed by atoms with Gasteiger partial charge in [-0.25, -0.2) is 18.0 Å². The van der Waals surface area contributed by atoms with E-state index in [1.54, 1.807) is 0 Å². The van der Waals surface area contributed by atoms with Crippen molar-refractivity contribution in [2.24, 2.45) is 0 Å². The Bertz CT molecular complexity index is 893. The average Bonchev–Trinajstić information content (AvgIpc) is 2.63. The summed E-state index contributed by atoms with van der Waals surface area (Å²) in [6.07, 6.45) is -4.67. The maximum absolute atomic E-state index is 12.3. The minimum Gasteiger partial charge on any atom is -0.452 e. The summed E-state index contributed by atoms with van der Waals surface area (Å²) in [6, 6.07) is 1.65. The zero-order chi connectivity index (χ0) is 22.4. The summed E-state index contributed by atoms with van der Waals surface area (Å²) in [5.74, 6) is -2.36. The van der Waals surface area contributed by atoms with E-state index >= 15 is 0 Å². The standard InChI is InChI=1S/C14H15ClF3N3O7S/c1-21(27-2)29(25,26)10-5-8(3-4-9(10)15)12(23)28-6-11(22)20-13(24)19-7-14(16,17)18/h3-5H,6-7H2,1-2H3,(H2,19,20,22,24). The summed E-state index contributed by atoms with van der Waals surface area (Å²) in [4.78, 5) is 38.7. The molecule has 0 saturated heterocycles. The second-order valence-electron chi connectivity index (χ2n) is 5.16. The van der Waals surface area contributed by atoms with Gasteiger partial charge in [0, 0.05) is 7.05 Å². The number of hydrogen-bond acceptors (Lipinski definition) is 7. The van der Waals surface area contributed by atoms with Gasteiger partial charge in [-0.3, -0.25) is 14.9 Å². The summed E-state index contributed by atoms with van der Waals surface area (Å²) in [6.45, 7) is -2.68. The quantitative estimate of drug-likeness (QED) is 0.458.